The monoisotopic (exact) mass is 420 g/mol. The summed E-state index contributed by atoms with van der Waals surface area (Å²) in [4.78, 5) is 40.9. The lowest BCUT2D eigenvalue weighted by Gasteiger charge is -2.13. The number of methoxy groups -OCH3 is 2. The lowest BCUT2D eigenvalue weighted by Crippen LogP contribution is -2.20. The Balaban J connectivity index is 1.73. The van der Waals surface area contributed by atoms with Crippen molar-refractivity contribution in [2.45, 2.75) is 26.2 Å². The summed E-state index contributed by atoms with van der Waals surface area (Å²) in [5.41, 5.74) is 2.90. The van der Waals surface area contributed by atoms with Crippen LogP contribution in [0.2, 0.25) is 0 Å². The van der Waals surface area contributed by atoms with Crippen LogP contribution in [-0.4, -0.2) is 36.7 Å². The lowest BCUT2D eigenvalue weighted by molar-refractivity contribution is -0.122. The summed E-state index contributed by atoms with van der Waals surface area (Å²) in [6.45, 7) is 1.83. The summed E-state index contributed by atoms with van der Waals surface area (Å²) in [6, 6.07) is 10.6. The van der Waals surface area contributed by atoms with Crippen molar-refractivity contribution in [2.75, 3.05) is 19.5 Å². The van der Waals surface area contributed by atoms with Crippen molar-refractivity contribution in [2.24, 2.45) is 5.92 Å². The van der Waals surface area contributed by atoms with Crippen LogP contribution in [0.25, 0.3) is 10.9 Å². The number of carbonyl (C=O) groups is 3. The summed E-state index contributed by atoms with van der Waals surface area (Å²) in [5.74, 6) is 0.271. The first-order valence-corrected chi connectivity index (χ1v) is 10.1. The van der Waals surface area contributed by atoms with Crippen LogP contribution in [0.4, 0.5) is 5.69 Å². The number of ketones is 2. The zero-order valence-corrected chi connectivity index (χ0v) is 17.7. The second-order valence-corrected chi connectivity index (χ2v) is 7.72. The molecule has 0 bridgehead atoms. The minimum Gasteiger partial charge on any atom is -0.496 e. The van der Waals surface area contributed by atoms with Gasteiger partial charge in [-0.3, -0.25) is 14.4 Å². The Morgan fingerprint density at radius 1 is 1.06 bits per heavy atom. The molecule has 3 aromatic rings. The van der Waals surface area contributed by atoms with Gasteiger partial charge in [-0.1, -0.05) is 6.07 Å². The van der Waals surface area contributed by atoms with Crippen molar-refractivity contribution >= 4 is 34.1 Å². The number of hydrogen-bond donors (Lipinski definition) is 2. The fraction of sp³-hybridized carbons (Fsp3) is 0.292. The predicted octanol–water partition coefficient (Wildman–Crippen LogP) is 4.03. The van der Waals surface area contributed by atoms with Gasteiger partial charge in [0.1, 0.15) is 22.8 Å². The van der Waals surface area contributed by atoms with Gasteiger partial charge in [-0.25, -0.2) is 0 Å². The summed E-state index contributed by atoms with van der Waals surface area (Å²) < 4.78 is 10.8. The van der Waals surface area contributed by atoms with E-state index in [1.165, 1.54) is 14.2 Å². The number of carbonyl (C=O) groups excluding carboxylic acids is 3. The van der Waals surface area contributed by atoms with Crippen molar-refractivity contribution in [1.29, 1.82) is 0 Å². The highest BCUT2D eigenvalue weighted by atomic mass is 16.5. The van der Waals surface area contributed by atoms with E-state index in [0.717, 1.165) is 5.52 Å². The molecule has 1 amide bonds. The molecule has 0 spiro atoms. The maximum absolute atomic E-state index is 13.6. The van der Waals surface area contributed by atoms with E-state index in [4.69, 9.17) is 9.47 Å². The minimum absolute atomic E-state index is 0.121. The molecule has 1 aliphatic carbocycles. The third-order valence-corrected chi connectivity index (χ3v) is 5.75. The zero-order valence-electron chi connectivity index (χ0n) is 17.7. The average Bonchev–Trinajstić information content (AvgIpc) is 3.34. The van der Waals surface area contributed by atoms with E-state index in [1.807, 2.05) is 13.0 Å². The van der Waals surface area contributed by atoms with Crippen molar-refractivity contribution in [1.82, 2.24) is 4.98 Å². The fourth-order valence-electron chi connectivity index (χ4n) is 4.18. The van der Waals surface area contributed by atoms with Gasteiger partial charge in [0.05, 0.1) is 19.8 Å². The second kappa shape index (κ2) is 8.26. The number of benzene rings is 2. The zero-order chi connectivity index (χ0) is 22.1. The molecular formula is C24H24N2O5. The fourth-order valence-corrected chi connectivity index (χ4v) is 4.18. The Morgan fingerprint density at radius 2 is 1.77 bits per heavy atom. The number of nitrogens with one attached hydrogen (secondary N) is 2. The standard InChI is InChI=1S/C24H24N2O5/c1-13-21(23(28)22-19(30-2)5-4-6-20(22)31-3)17-12-15(8-10-18(17)25-13)26-24(29)14-7-9-16(27)11-14/h4-6,8,10,12,14,25H,7,9,11H2,1-3H3,(H,26,29). The van der Waals surface area contributed by atoms with E-state index in [1.54, 1.807) is 30.3 Å². The first-order chi connectivity index (χ1) is 14.9. The third-order valence-electron chi connectivity index (χ3n) is 5.75. The third kappa shape index (κ3) is 3.79. The normalized spacial score (nSPS) is 15.8. The molecule has 1 heterocycles. The minimum atomic E-state index is -0.296. The number of aromatic nitrogens is 1. The van der Waals surface area contributed by atoms with E-state index in [-0.39, 0.29) is 29.8 Å². The van der Waals surface area contributed by atoms with Crippen molar-refractivity contribution in [3.8, 4) is 11.5 Å². The number of amides is 1. The van der Waals surface area contributed by atoms with Crippen molar-refractivity contribution in [3.05, 3.63) is 53.2 Å². The molecule has 1 unspecified atom stereocenters. The number of fused-ring (bicyclic) bond motifs is 1. The van der Waals surface area contributed by atoms with Gasteiger partial charge in [-0.05, 0) is 43.7 Å². The van der Waals surface area contributed by atoms with Gasteiger partial charge in [0, 0.05) is 41.0 Å². The predicted molar refractivity (Wildman–Crippen MR) is 117 cm³/mol. The maximum atomic E-state index is 13.6. The molecule has 0 aliphatic heterocycles. The Labute approximate surface area is 179 Å². The molecule has 31 heavy (non-hydrogen) atoms. The van der Waals surface area contributed by atoms with Gasteiger partial charge in [0.25, 0.3) is 0 Å². The van der Waals surface area contributed by atoms with Crippen LogP contribution in [-0.2, 0) is 9.59 Å². The quantitative estimate of drug-likeness (QED) is 0.587. The Kier molecular flexibility index (Phi) is 5.50. The molecule has 4 rings (SSSR count). The molecule has 2 aromatic carbocycles. The SMILES string of the molecule is COc1cccc(OC)c1C(=O)c1c(C)[nH]c2ccc(NC(=O)C3CCC(=O)C3)cc12. The number of rotatable bonds is 6. The van der Waals surface area contributed by atoms with Gasteiger partial charge >= 0.3 is 0 Å². The molecule has 1 aromatic heterocycles. The van der Waals surface area contributed by atoms with Crippen LogP contribution in [0.3, 0.4) is 0 Å². The van der Waals surface area contributed by atoms with Crippen LogP contribution in [0.1, 0.15) is 40.9 Å². The molecule has 1 fully saturated rings. The van der Waals surface area contributed by atoms with Gasteiger partial charge in [0.2, 0.25) is 11.7 Å². The van der Waals surface area contributed by atoms with Crippen molar-refractivity contribution < 1.29 is 23.9 Å². The number of anilines is 1. The molecule has 1 aliphatic rings. The van der Waals surface area contributed by atoms with E-state index in [2.05, 4.69) is 10.3 Å². The van der Waals surface area contributed by atoms with Gasteiger partial charge in [0.15, 0.2) is 0 Å². The largest absolute Gasteiger partial charge is 0.496 e. The summed E-state index contributed by atoms with van der Waals surface area (Å²) in [6.07, 6.45) is 1.32. The van der Waals surface area contributed by atoms with Gasteiger partial charge < -0.3 is 19.8 Å². The van der Waals surface area contributed by atoms with Crippen LogP contribution in [0.5, 0.6) is 11.5 Å². The highest BCUT2D eigenvalue weighted by molar-refractivity contribution is 6.20. The number of Topliss-reactive ketones (excluding diaryl/α,β-unsaturated/α-hetero) is 1. The topological polar surface area (TPSA) is 97.5 Å². The number of ether oxygens (including phenoxy) is 2. The van der Waals surface area contributed by atoms with Gasteiger partial charge in [-0.2, -0.15) is 0 Å². The molecule has 2 N–H and O–H groups in total. The number of H-pyrrole nitrogens is 1. The summed E-state index contributed by atoms with van der Waals surface area (Å²) in [5, 5.41) is 3.58. The Bertz CT molecular complexity index is 1170. The van der Waals surface area contributed by atoms with Crippen LogP contribution in [0, 0.1) is 12.8 Å². The summed E-state index contributed by atoms with van der Waals surface area (Å²) in [7, 11) is 3.02. The lowest BCUT2D eigenvalue weighted by atomic mass is 9.98. The number of aryl methyl sites for hydroxylation is 1. The molecular weight excluding hydrogens is 396 g/mol. The van der Waals surface area contributed by atoms with E-state index >= 15 is 0 Å². The maximum Gasteiger partial charge on any atom is 0.227 e. The summed E-state index contributed by atoms with van der Waals surface area (Å²) >= 11 is 0. The first kappa shape index (κ1) is 20.7. The number of hydrogen-bond acceptors (Lipinski definition) is 5. The molecule has 0 radical (unpaired) electrons. The molecule has 160 valence electrons. The van der Waals surface area contributed by atoms with Gasteiger partial charge in [-0.15, -0.1) is 0 Å². The first-order valence-electron chi connectivity index (χ1n) is 10.1. The molecule has 1 atom stereocenters. The molecule has 7 nitrogen and oxygen atoms in total. The number of aromatic amines is 1. The van der Waals surface area contributed by atoms with Crippen LogP contribution >= 0.6 is 0 Å². The molecule has 7 heteroatoms. The highest BCUT2D eigenvalue weighted by Crippen LogP contribution is 2.35. The molecule has 1 saturated carbocycles. The molecule has 0 saturated heterocycles. The van der Waals surface area contributed by atoms with E-state index in [9.17, 15) is 14.4 Å². The Hall–Kier alpha value is -3.61. The average molecular weight is 420 g/mol. The van der Waals surface area contributed by atoms with Crippen LogP contribution < -0.4 is 14.8 Å². The van der Waals surface area contributed by atoms with Crippen LogP contribution in [0.15, 0.2) is 36.4 Å². The van der Waals surface area contributed by atoms with E-state index in [0.29, 0.717) is 52.2 Å². The Morgan fingerprint density at radius 3 is 2.39 bits per heavy atom. The van der Waals surface area contributed by atoms with Crippen molar-refractivity contribution in [3.63, 3.8) is 0 Å². The highest BCUT2D eigenvalue weighted by Gasteiger charge is 2.29. The second-order valence-electron chi connectivity index (χ2n) is 7.72. The van der Waals surface area contributed by atoms with E-state index < -0.39 is 0 Å². The smallest absolute Gasteiger partial charge is 0.227 e.